The van der Waals surface area contributed by atoms with Gasteiger partial charge in [-0.1, -0.05) is 22.9 Å². The van der Waals surface area contributed by atoms with Gasteiger partial charge in [0.1, 0.15) is 18.1 Å². The number of nitrogens with zero attached hydrogens (tertiary/aromatic N) is 3. The third-order valence-corrected chi connectivity index (χ3v) is 5.18. The Kier molecular flexibility index (Phi) is 6.75. The average molecular weight is 466 g/mol. The van der Waals surface area contributed by atoms with Crippen LogP contribution in [0.25, 0.3) is 0 Å². The largest absolute Gasteiger partial charge is 0.383 e. The molecule has 1 amide bonds. The van der Waals surface area contributed by atoms with Crippen molar-refractivity contribution in [2.45, 2.75) is 26.4 Å². The van der Waals surface area contributed by atoms with Gasteiger partial charge in [-0.2, -0.15) is 0 Å². The highest BCUT2D eigenvalue weighted by Gasteiger charge is 2.24. The van der Waals surface area contributed by atoms with Crippen molar-refractivity contribution in [2.24, 2.45) is 0 Å². The summed E-state index contributed by atoms with van der Waals surface area (Å²) < 4.78 is 8.53. The van der Waals surface area contributed by atoms with Gasteiger partial charge in [-0.3, -0.25) is 14.2 Å². The van der Waals surface area contributed by atoms with Crippen LogP contribution in [0.15, 0.2) is 38.3 Å². The number of ether oxygens (including phenoxy) is 1. The van der Waals surface area contributed by atoms with Crippen molar-refractivity contribution in [1.29, 1.82) is 0 Å². The van der Waals surface area contributed by atoms with E-state index in [4.69, 9.17) is 10.5 Å². The fourth-order valence-electron chi connectivity index (χ4n) is 3.24. The molecule has 1 fully saturated rings. The van der Waals surface area contributed by atoms with Crippen LogP contribution in [-0.2, 0) is 22.6 Å². The number of rotatable bonds is 6. The Bertz CT molecular complexity index is 993. The monoisotopic (exact) mass is 465 g/mol. The lowest BCUT2D eigenvalue weighted by Crippen LogP contribution is -2.48. The van der Waals surface area contributed by atoms with Gasteiger partial charge in [0.15, 0.2) is 0 Å². The molecule has 0 atom stereocenters. The number of nitrogens with two attached hydrogens (primary N) is 1. The minimum Gasteiger partial charge on any atom is -0.383 e. The van der Waals surface area contributed by atoms with Crippen LogP contribution in [0.5, 0.6) is 0 Å². The lowest BCUT2D eigenvalue weighted by atomic mass is 10.3. The van der Waals surface area contributed by atoms with Gasteiger partial charge in [-0.15, -0.1) is 0 Å². The molecule has 1 aromatic carbocycles. The zero-order chi connectivity index (χ0) is 21.0. The number of amides is 1. The van der Waals surface area contributed by atoms with E-state index in [0.29, 0.717) is 45.0 Å². The van der Waals surface area contributed by atoms with E-state index in [1.165, 1.54) is 4.57 Å². The molecule has 1 saturated heterocycles. The summed E-state index contributed by atoms with van der Waals surface area (Å²) in [7, 11) is 0. The molecule has 0 saturated carbocycles. The summed E-state index contributed by atoms with van der Waals surface area (Å²) in [6, 6.07) is 7.02. The Morgan fingerprint density at radius 3 is 2.45 bits per heavy atom. The van der Waals surface area contributed by atoms with E-state index < -0.39 is 23.7 Å². The highest BCUT2D eigenvalue weighted by Crippen LogP contribution is 2.19. The van der Waals surface area contributed by atoms with E-state index in [-0.39, 0.29) is 11.5 Å². The second-order valence-corrected chi connectivity index (χ2v) is 7.63. The smallest absolute Gasteiger partial charge is 0.333 e. The van der Waals surface area contributed by atoms with Gasteiger partial charge in [-0.05, 0) is 30.7 Å². The van der Waals surface area contributed by atoms with E-state index in [0.717, 1.165) is 9.04 Å². The Labute approximate surface area is 176 Å². The Balaban J connectivity index is 1.97. The first-order chi connectivity index (χ1) is 13.9. The molecule has 0 aliphatic carbocycles. The molecule has 2 aromatic rings. The predicted molar refractivity (Wildman–Crippen MR) is 115 cm³/mol. The van der Waals surface area contributed by atoms with Crippen LogP contribution in [0.3, 0.4) is 0 Å². The normalized spacial score (nSPS) is 14.1. The van der Waals surface area contributed by atoms with Crippen molar-refractivity contribution in [1.82, 2.24) is 9.13 Å². The van der Waals surface area contributed by atoms with Crippen LogP contribution in [0, 0.1) is 0 Å². The summed E-state index contributed by atoms with van der Waals surface area (Å²) in [5, 5.41) is 2.70. The van der Waals surface area contributed by atoms with E-state index >= 15 is 0 Å². The van der Waals surface area contributed by atoms with Crippen LogP contribution >= 0.6 is 15.9 Å². The molecular weight excluding hydrogens is 442 g/mol. The standard InChI is InChI=1S/C19H24BrN5O4/c1-2-7-24-17(21)16(23-8-10-29-11-9-23)18(27)25(19(24)28)12-15(26)22-14-5-3-13(20)4-6-14/h3-6H,2,7-12,21H2,1H3,(H,22,26). The number of carbonyl (C=O) groups excluding carboxylic acids is 1. The minimum atomic E-state index is -0.586. The van der Waals surface area contributed by atoms with Crippen LogP contribution < -0.4 is 27.2 Å². The number of morpholine rings is 1. The fourth-order valence-corrected chi connectivity index (χ4v) is 3.51. The number of hydrogen-bond acceptors (Lipinski definition) is 6. The summed E-state index contributed by atoms with van der Waals surface area (Å²) in [4.78, 5) is 40.3. The third-order valence-electron chi connectivity index (χ3n) is 4.65. The molecule has 0 spiro atoms. The molecule has 0 bridgehead atoms. The predicted octanol–water partition coefficient (Wildman–Crippen LogP) is 1.24. The van der Waals surface area contributed by atoms with Gasteiger partial charge in [0.25, 0.3) is 5.56 Å². The third kappa shape index (κ3) is 4.70. The number of nitrogen functional groups attached to an aromatic ring is 1. The molecule has 9 nitrogen and oxygen atoms in total. The molecule has 0 unspecified atom stereocenters. The van der Waals surface area contributed by atoms with E-state index in [2.05, 4.69) is 21.2 Å². The summed E-state index contributed by atoms with van der Waals surface area (Å²) in [5.74, 6) is -0.333. The molecule has 0 radical (unpaired) electrons. The van der Waals surface area contributed by atoms with Crippen molar-refractivity contribution in [3.8, 4) is 0 Å². The first kappa shape index (κ1) is 21.1. The number of aromatic nitrogens is 2. The average Bonchev–Trinajstić information content (AvgIpc) is 2.71. The zero-order valence-corrected chi connectivity index (χ0v) is 17.8. The quantitative estimate of drug-likeness (QED) is 0.663. The first-order valence-electron chi connectivity index (χ1n) is 9.43. The fraction of sp³-hybridized carbons (Fsp3) is 0.421. The maximum atomic E-state index is 13.1. The number of halogens is 1. The van der Waals surface area contributed by atoms with Crippen molar-refractivity contribution < 1.29 is 9.53 Å². The molecule has 1 aromatic heterocycles. The number of nitrogens with one attached hydrogen (secondary N) is 1. The summed E-state index contributed by atoms with van der Waals surface area (Å²) in [5.41, 5.74) is 5.87. The number of carbonyl (C=O) groups is 1. The number of benzene rings is 1. The molecule has 2 heterocycles. The molecule has 3 rings (SSSR count). The van der Waals surface area contributed by atoms with Crippen molar-refractivity contribution in [3.05, 3.63) is 49.6 Å². The Morgan fingerprint density at radius 1 is 1.17 bits per heavy atom. The van der Waals surface area contributed by atoms with Crippen molar-refractivity contribution in [2.75, 3.05) is 42.3 Å². The van der Waals surface area contributed by atoms with E-state index in [1.54, 1.807) is 24.3 Å². The van der Waals surface area contributed by atoms with Crippen molar-refractivity contribution >= 4 is 39.0 Å². The van der Waals surface area contributed by atoms with E-state index in [9.17, 15) is 14.4 Å². The summed E-state index contributed by atoms with van der Waals surface area (Å²) in [6.45, 7) is 3.80. The van der Waals surface area contributed by atoms with Gasteiger partial charge < -0.3 is 20.7 Å². The Hall–Kier alpha value is -2.59. The van der Waals surface area contributed by atoms with Crippen LogP contribution in [-0.4, -0.2) is 41.3 Å². The first-order valence-corrected chi connectivity index (χ1v) is 10.2. The molecule has 156 valence electrons. The number of anilines is 3. The van der Waals surface area contributed by atoms with Crippen LogP contribution in [0.4, 0.5) is 17.2 Å². The second kappa shape index (κ2) is 9.27. The molecule has 10 heteroatoms. The van der Waals surface area contributed by atoms with Gasteiger partial charge in [0.2, 0.25) is 5.91 Å². The highest BCUT2D eigenvalue weighted by molar-refractivity contribution is 9.10. The van der Waals surface area contributed by atoms with Gasteiger partial charge in [-0.25, -0.2) is 9.36 Å². The summed E-state index contributed by atoms with van der Waals surface area (Å²) in [6.07, 6.45) is 0.663. The number of hydrogen-bond donors (Lipinski definition) is 2. The van der Waals surface area contributed by atoms with Crippen molar-refractivity contribution in [3.63, 3.8) is 0 Å². The summed E-state index contributed by atoms with van der Waals surface area (Å²) >= 11 is 3.33. The van der Waals surface area contributed by atoms with Crippen LogP contribution in [0.2, 0.25) is 0 Å². The maximum Gasteiger partial charge on any atom is 0.333 e. The van der Waals surface area contributed by atoms with Gasteiger partial charge in [0.05, 0.1) is 13.2 Å². The molecule has 1 aliphatic heterocycles. The van der Waals surface area contributed by atoms with E-state index in [1.807, 2.05) is 11.8 Å². The van der Waals surface area contributed by atoms with Crippen LogP contribution in [0.1, 0.15) is 13.3 Å². The topological polar surface area (TPSA) is 112 Å². The molecule has 1 aliphatic rings. The molecule has 29 heavy (non-hydrogen) atoms. The minimum absolute atomic E-state index is 0.133. The second-order valence-electron chi connectivity index (χ2n) is 6.71. The highest BCUT2D eigenvalue weighted by atomic mass is 79.9. The lowest BCUT2D eigenvalue weighted by molar-refractivity contribution is -0.116. The lowest BCUT2D eigenvalue weighted by Gasteiger charge is -2.30. The van der Waals surface area contributed by atoms with Gasteiger partial charge >= 0.3 is 5.69 Å². The molecular formula is C19H24BrN5O4. The SMILES string of the molecule is CCCn1c(N)c(N2CCOCC2)c(=O)n(CC(=O)Nc2ccc(Br)cc2)c1=O. The Morgan fingerprint density at radius 2 is 1.83 bits per heavy atom. The zero-order valence-electron chi connectivity index (χ0n) is 16.2. The molecule has 3 N–H and O–H groups in total. The van der Waals surface area contributed by atoms with Gasteiger partial charge in [0, 0.05) is 29.8 Å². The maximum absolute atomic E-state index is 13.1.